The average Bonchev–Trinajstić information content (AvgIpc) is 3.14. The van der Waals surface area contributed by atoms with Gasteiger partial charge in [0.15, 0.2) is 0 Å². The molecule has 0 aliphatic rings. The first kappa shape index (κ1) is 39.0. The number of nitrogens with one attached hydrogen (secondary N) is 5. The standard InChI is InChI=1S/C41H48N6O5/c1-28(2)43-27-37(48)44-34(24-30-17-9-4-10-18-30)39(50)46-36(26-32-21-13-6-14-22-32)41(52)47-35(25-31-19-11-5-12-20-31)40(51)45-33(38(42)49)23-29-15-7-3-8-16-29/h3-22,28,33-36,43H,23-27H2,1-2H3,(H2,42,49)(H,44,48)(H,45,51)(H,46,50)(H,47,52)/t33-,34-,35-,36-/m1/s1. The van der Waals surface area contributed by atoms with E-state index in [4.69, 9.17) is 5.73 Å². The van der Waals surface area contributed by atoms with E-state index in [1.165, 1.54) is 0 Å². The number of hydrogen-bond donors (Lipinski definition) is 6. The number of amides is 5. The summed E-state index contributed by atoms with van der Waals surface area (Å²) in [7, 11) is 0. The summed E-state index contributed by atoms with van der Waals surface area (Å²) in [5, 5.41) is 14.3. The lowest BCUT2D eigenvalue weighted by Gasteiger charge is -2.27. The fraction of sp³-hybridized carbons (Fsp3) is 0.293. The Morgan fingerprint density at radius 3 is 1.06 bits per heavy atom. The normalized spacial score (nSPS) is 13.2. The molecule has 0 fully saturated rings. The van der Waals surface area contributed by atoms with Crippen LogP contribution >= 0.6 is 0 Å². The van der Waals surface area contributed by atoms with Crippen molar-refractivity contribution in [1.29, 1.82) is 0 Å². The Morgan fingerprint density at radius 2 is 0.750 bits per heavy atom. The van der Waals surface area contributed by atoms with Gasteiger partial charge < -0.3 is 32.3 Å². The van der Waals surface area contributed by atoms with Crippen molar-refractivity contribution in [2.24, 2.45) is 5.73 Å². The van der Waals surface area contributed by atoms with Crippen LogP contribution in [0, 0.1) is 0 Å². The lowest BCUT2D eigenvalue weighted by molar-refractivity contribution is -0.134. The maximum absolute atomic E-state index is 14.2. The molecular formula is C41H48N6O5. The lowest BCUT2D eigenvalue weighted by Crippen LogP contribution is -2.59. The van der Waals surface area contributed by atoms with E-state index in [0.717, 1.165) is 22.3 Å². The molecule has 4 rings (SSSR count). The summed E-state index contributed by atoms with van der Waals surface area (Å²) in [6.07, 6.45) is 0.574. The molecule has 0 saturated heterocycles. The van der Waals surface area contributed by atoms with Gasteiger partial charge in [-0.15, -0.1) is 0 Å². The zero-order valence-electron chi connectivity index (χ0n) is 29.6. The number of hydrogen-bond acceptors (Lipinski definition) is 6. The highest BCUT2D eigenvalue weighted by Crippen LogP contribution is 2.10. The van der Waals surface area contributed by atoms with E-state index < -0.39 is 47.8 Å². The van der Waals surface area contributed by atoms with Gasteiger partial charge in [0.1, 0.15) is 24.2 Å². The summed E-state index contributed by atoms with van der Waals surface area (Å²) in [4.78, 5) is 67.4. The Kier molecular flexibility index (Phi) is 15.1. The zero-order valence-corrected chi connectivity index (χ0v) is 29.6. The molecule has 0 bridgehead atoms. The van der Waals surface area contributed by atoms with Crippen molar-refractivity contribution in [2.45, 2.75) is 69.7 Å². The van der Waals surface area contributed by atoms with Crippen LogP contribution in [0.25, 0.3) is 0 Å². The van der Waals surface area contributed by atoms with Crippen LogP contribution in [0.3, 0.4) is 0 Å². The Morgan fingerprint density at radius 1 is 0.462 bits per heavy atom. The van der Waals surface area contributed by atoms with E-state index in [1.807, 2.05) is 135 Å². The van der Waals surface area contributed by atoms with Crippen LogP contribution in [0.5, 0.6) is 0 Å². The fourth-order valence-corrected chi connectivity index (χ4v) is 5.61. The second kappa shape index (κ2) is 20.1. The van der Waals surface area contributed by atoms with Crippen molar-refractivity contribution in [1.82, 2.24) is 26.6 Å². The number of rotatable bonds is 19. The van der Waals surface area contributed by atoms with Crippen LogP contribution in [-0.4, -0.2) is 66.3 Å². The maximum atomic E-state index is 14.2. The molecule has 0 aromatic heterocycles. The van der Waals surface area contributed by atoms with E-state index in [1.54, 1.807) is 0 Å². The van der Waals surface area contributed by atoms with Gasteiger partial charge in [-0.3, -0.25) is 24.0 Å². The Labute approximate surface area is 305 Å². The van der Waals surface area contributed by atoms with Crippen molar-refractivity contribution >= 4 is 29.5 Å². The molecule has 0 heterocycles. The van der Waals surface area contributed by atoms with Gasteiger partial charge in [0, 0.05) is 31.7 Å². The molecule has 7 N–H and O–H groups in total. The first-order valence-electron chi connectivity index (χ1n) is 17.5. The summed E-state index contributed by atoms with van der Waals surface area (Å²) in [6.45, 7) is 3.84. The summed E-state index contributed by atoms with van der Waals surface area (Å²) in [5.41, 5.74) is 8.87. The number of benzene rings is 4. The van der Waals surface area contributed by atoms with E-state index in [-0.39, 0.29) is 44.2 Å². The van der Waals surface area contributed by atoms with Gasteiger partial charge in [0.05, 0.1) is 6.54 Å². The third kappa shape index (κ3) is 13.1. The molecule has 52 heavy (non-hydrogen) atoms. The Hall–Kier alpha value is -5.81. The van der Waals surface area contributed by atoms with Crippen molar-refractivity contribution in [2.75, 3.05) is 6.54 Å². The van der Waals surface area contributed by atoms with Gasteiger partial charge >= 0.3 is 0 Å². The average molecular weight is 705 g/mol. The Bertz CT molecular complexity index is 1740. The third-order valence-corrected chi connectivity index (χ3v) is 8.38. The summed E-state index contributed by atoms with van der Waals surface area (Å²) >= 11 is 0. The second-order valence-electron chi connectivity index (χ2n) is 13.0. The van der Waals surface area contributed by atoms with Crippen molar-refractivity contribution < 1.29 is 24.0 Å². The molecule has 0 unspecified atom stereocenters. The molecule has 5 amide bonds. The molecular weight excluding hydrogens is 656 g/mol. The van der Waals surface area contributed by atoms with E-state index in [2.05, 4.69) is 26.6 Å². The number of primary amides is 1. The van der Waals surface area contributed by atoms with Gasteiger partial charge in [-0.1, -0.05) is 135 Å². The quantitative estimate of drug-likeness (QED) is 0.0876. The monoisotopic (exact) mass is 704 g/mol. The molecule has 0 spiro atoms. The first-order chi connectivity index (χ1) is 25.1. The van der Waals surface area contributed by atoms with Crippen molar-refractivity contribution in [3.8, 4) is 0 Å². The molecule has 4 aromatic carbocycles. The smallest absolute Gasteiger partial charge is 0.243 e. The molecule has 4 aromatic rings. The highest BCUT2D eigenvalue weighted by atomic mass is 16.2. The van der Waals surface area contributed by atoms with Gasteiger partial charge in [0.25, 0.3) is 0 Å². The van der Waals surface area contributed by atoms with Gasteiger partial charge in [-0.05, 0) is 22.3 Å². The van der Waals surface area contributed by atoms with Crippen molar-refractivity contribution in [3.63, 3.8) is 0 Å². The van der Waals surface area contributed by atoms with Gasteiger partial charge in [0.2, 0.25) is 29.5 Å². The zero-order chi connectivity index (χ0) is 37.3. The predicted octanol–water partition coefficient (Wildman–Crippen LogP) is 2.38. The van der Waals surface area contributed by atoms with Gasteiger partial charge in [-0.25, -0.2) is 0 Å². The second-order valence-corrected chi connectivity index (χ2v) is 13.0. The SMILES string of the molecule is CC(C)NCC(=O)N[C@H](Cc1ccccc1)C(=O)N[C@H](Cc1ccccc1)C(=O)N[C@H](Cc1ccccc1)C(=O)N[C@H](Cc1ccccc1)C(N)=O. The van der Waals surface area contributed by atoms with Crippen molar-refractivity contribution in [3.05, 3.63) is 144 Å². The number of carbonyl (C=O) groups excluding carboxylic acids is 5. The topological polar surface area (TPSA) is 172 Å². The summed E-state index contributed by atoms with van der Waals surface area (Å²) in [5.74, 6) is -2.86. The molecule has 0 aliphatic heterocycles. The minimum Gasteiger partial charge on any atom is -0.368 e. The minimum atomic E-state index is -1.12. The molecule has 4 atom stereocenters. The fourth-order valence-electron chi connectivity index (χ4n) is 5.61. The lowest BCUT2D eigenvalue weighted by atomic mass is 10.0. The number of carbonyl (C=O) groups is 5. The van der Waals surface area contributed by atoms with Crippen LogP contribution in [0.2, 0.25) is 0 Å². The molecule has 272 valence electrons. The van der Waals surface area contributed by atoms with E-state index in [9.17, 15) is 24.0 Å². The molecule has 0 radical (unpaired) electrons. The number of nitrogens with two attached hydrogens (primary N) is 1. The molecule has 11 nitrogen and oxygen atoms in total. The maximum Gasteiger partial charge on any atom is 0.243 e. The summed E-state index contributed by atoms with van der Waals surface area (Å²) in [6, 6.07) is 32.5. The molecule has 0 saturated carbocycles. The first-order valence-corrected chi connectivity index (χ1v) is 17.5. The third-order valence-electron chi connectivity index (χ3n) is 8.38. The van der Waals surface area contributed by atoms with Gasteiger partial charge in [-0.2, -0.15) is 0 Å². The summed E-state index contributed by atoms with van der Waals surface area (Å²) < 4.78 is 0. The minimum absolute atomic E-state index is 0.0109. The highest BCUT2D eigenvalue weighted by Gasteiger charge is 2.31. The van der Waals surface area contributed by atoms with Crippen LogP contribution in [0.15, 0.2) is 121 Å². The molecule has 0 aliphatic carbocycles. The van der Waals surface area contributed by atoms with E-state index in [0.29, 0.717) is 0 Å². The van der Waals surface area contributed by atoms with Crippen LogP contribution in [0.4, 0.5) is 0 Å². The largest absolute Gasteiger partial charge is 0.368 e. The van der Waals surface area contributed by atoms with Crippen LogP contribution < -0.4 is 32.3 Å². The van der Waals surface area contributed by atoms with E-state index >= 15 is 0 Å². The van der Waals surface area contributed by atoms with Crippen LogP contribution in [-0.2, 0) is 49.7 Å². The Balaban J connectivity index is 1.59. The van der Waals surface area contributed by atoms with Crippen LogP contribution in [0.1, 0.15) is 36.1 Å². The molecule has 11 heteroatoms. The predicted molar refractivity (Wildman–Crippen MR) is 201 cm³/mol. The highest BCUT2D eigenvalue weighted by molar-refractivity contribution is 5.96.